The average molecular weight is 414 g/mol. The van der Waals surface area contributed by atoms with Gasteiger partial charge in [0.15, 0.2) is 5.88 Å². The van der Waals surface area contributed by atoms with Crippen molar-refractivity contribution in [2.24, 2.45) is 11.8 Å². The maximum absolute atomic E-state index is 13.0. The number of piperidine rings is 1. The summed E-state index contributed by atoms with van der Waals surface area (Å²) in [4.78, 5) is 29.1. The van der Waals surface area contributed by atoms with Crippen LogP contribution in [0.1, 0.15) is 72.0 Å². The number of hydrogen-bond donors (Lipinski definition) is 0. The predicted molar refractivity (Wildman–Crippen MR) is 119 cm³/mol. The lowest BCUT2D eigenvalue weighted by Crippen LogP contribution is -2.49. The second-order valence-electron chi connectivity index (χ2n) is 8.01. The van der Waals surface area contributed by atoms with Crippen molar-refractivity contribution in [1.82, 2.24) is 4.90 Å². The molecule has 30 heavy (non-hydrogen) atoms. The van der Waals surface area contributed by atoms with E-state index in [-0.39, 0.29) is 11.8 Å². The Kier molecular flexibility index (Phi) is 9.16. The summed E-state index contributed by atoms with van der Waals surface area (Å²) in [6.45, 7) is 10.3. The van der Waals surface area contributed by atoms with E-state index in [9.17, 15) is 14.9 Å². The third kappa shape index (κ3) is 5.53. The molecule has 1 fully saturated rings. The topological polar surface area (TPSA) is 77.6 Å². The second kappa shape index (κ2) is 11.6. The predicted octanol–water partition coefficient (Wildman–Crippen LogP) is 5.01. The van der Waals surface area contributed by atoms with Crippen LogP contribution >= 0.6 is 0 Å². The van der Waals surface area contributed by atoms with Crippen LogP contribution in [0.15, 0.2) is 22.1 Å². The monoisotopic (exact) mass is 413 g/mol. The lowest BCUT2D eigenvalue weighted by Gasteiger charge is -2.33. The van der Waals surface area contributed by atoms with E-state index in [4.69, 9.17) is 4.42 Å². The van der Waals surface area contributed by atoms with Gasteiger partial charge in [-0.15, -0.1) is 0 Å². The molecule has 0 N–H and O–H groups in total. The summed E-state index contributed by atoms with van der Waals surface area (Å²) < 4.78 is 6.06. The van der Waals surface area contributed by atoms with Crippen LogP contribution in [0, 0.1) is 23.2 Å². The smallest absolute Gasteiger partial charge is 0.256 e. The van der Waals surface area contributed by atoms with Gasteiger partial charge >= 0.3 is 0 Å². The van der Waals surface area contributed by atoms with Gasteiger partial charge in [-0.05, 0) is 31.4 Å². The SMILES string of the molecule is CCCCN1C(=O)/C(=C\c2ccc(N(CCCC)CCCC)o2)C(C)C(C#N)C1=O. The molecular weight excluding hydrogens is 378 g/mol. The number of carbonyl (C=O) groups is 2. The number of imide groups is 1. The number of carbonyl (C=O) groups excluding carboxylic acids is 2. The Morgan fingerprint density at radius 3 is 2.30 bits per heavy atom. The van der Waals surface area contributed by atoms with E-state index >= 15 is 0 Å². The molecule has 2 heterocycles. The van der Waals surface area contributed by atoms with Crippen LogP contribution in [0.2, 0.25) is 0 Å². The maximum Gasteiger partial charge on any atom is 0.256 e. The zero-order valence-corrected chi connectivity index (χ0v) is 18.8. The summed E-state index contributed by atoms with van der Waals surface area (Å²) in [7, 11) is 0. The molecule has 164 valence electrons. The van der Waals surface area contributed by atoms with Crippen LogP contribution in [0.25, 0.3) is 6.08 Å². The Hall–Kier alpha value is -2.55. The Labute approximate surface area is 180 Å². The molecule has 0 aliphatic carbocycles. The van der Waals surface area contributed by atoms with Crippen LogP contribution < -0.4 is 4.90 Å². The van der Waals surface area contributed by atoms with Gasteiger partial charge in [-0.3, -0.25) is 14.5 Å². The normalized spacial score (nSPS) is 20.6. The molecule has 2 atom stereocenters. The minimum Gasteiger partial charge on any atom is -0.441 e. The van der Waals surface area contributed by atoms with Gasteiger partial charge in [-0.1, -0.05) is 47.0 Å². The van der Waals surface area contributed by atoms with Gasteiger partial charge in [0.05, 0.1) is 6.07 Å². The standard InChI is InChI=1S/C24H35N3O3/c1-5-8-13-26(14-9-6-2)22-12-11-19(30-22)16-20-18(4)21(17-25)24(29)27(23(20)28)15-10-7-3/h11-12,16,18,21H,5-10,13-15H2,1-4H3/b20-16-. The molecule has 2 amide bonds. The summed E-state index contributed by atoms with van der Waals surface area (Å²) in [5, 5.41) is 9.52. The molecule has 1 aliphatic heterocycles. The van der Waals surface area contributed by atoms with Crippen molar-refractivity contribution in [1.29, 1.82) is 5.26 Å². The fourth-order valence-electron chi connectivity index (χ4n) is 3.67. The lowest BCUT2D eigenvalue weighted by molar-refractivity contribution is -0.148. The number of furan rings is 1. The van der Waals surface area contributed by atoms with Crippen LogP contribution in [0.4, 0.5) is 5.88 Å². The first-order valence-electron chi connectivity index (χ1n) is 11.3. The van der Waals surface area contributed by atoms with Crippen molar-refractivity contribution >= 4 is 23.8 Å². The number of rotatable bonds is 11. The van der Waals surface area contributed by atoms with Gasteiger partial charge in [0.2, 0.25) is 5.91 Å². The lowest BCUT2D eigenvalue weighted by atomic mass is 9.82. The third-order valence-electron chi connectivity index (χ3n) is 5.67. The van der Waals surface area contributed by atoms with Gasteiger partial charge in [-0.25, -0.2) is 0 Å². The first-order valence-corrected chi connectivity index (χ1v) is 11.3. The number of unbranched alkanes of at least 4 members (excludes halogenated alkanes) is 3. The summed E-state index contributed by atoms with van der Waals surface area (Å²) in [6, 6.07) is 5.90. The first-order chi connectivity index (χ1) is 14.5. The molecule has 6 heteroatoms. The minimum absolute atomic E-state index is 0.306. The molecule has 0 spiro atoms. The molecule has 2 unspecified atom stereocenters. The van der Waals surface area contributed by atoms with Crippen molar-refractivity contribution in [3.05, 3.63) is 23.5 Å². The van der Waals surface area contributed by atoms with Crippen LogP contribution in [0.3, 0.4) is 0 Å². The van der Waals surface area contributed by atoms with Crippen molar-refractivity contribution < 1.29 is 14.0 Å². The number of hydrogen-bond acceptors (Lipinski definition) is 5. The fraction of sp³-hybridized carbons (Fsp3) is 0.625. The molecule has 0 bridgehead atoms. The van der Waals surface area contributed by atoms with Crippen molar-refractivity contribution in [2.45, 2.75) is 66.2 Å². The van der Waals surface area contributed by atoms with E-state index in [0.717, 1.165) is 57.5 Å². The van der Waals surface area contributed by atoms with E-state index in [1.54, 1.807) is 13.0 Å². The van der Waals surface area contributed by atoms with Gasteiger partial charge in [-0.2, -0.15) is 5.26 Å². The number of anilines is 1. The van der Waals surface area contributed by atoms with E-state index < -0.39 is 11.8 Å². The van der Waals surface area contributed by atoms with Crippen LogP contribution in [0.5, 0.6) is 0 Å². The Bertz CT molecular complexity index is 782. The van der Waals surface area contributed by atoms with Crippen molar-refractivity contribution in [3.63, 3.8) is 0 Å². The molecule has 6 nitrogen and oxygen atoms in total. The third-order valence-corrected chi connectivity index (χ3v) is 5.67. The quantitative estimate of drug-likeness (QED) is 0.376. The molecule has 2 rings (SSSR count). The maximum atomic E-state index is 13.0. The average Bonchev–Trinajstić information content (AvgIpc) is 3.20. The molecule has 1 aliphatic rings. The highest BCUT2D eigenvalue weighted by molar-refractivity contribution is 6.11. The molecule has 0 aromatic carbocycles. The Morgan fingerprint density at radius 1 is 1.10 bits per heavy atom. The number of amides is 2. The summed E-state index contributed by atoms with van der Waals surface area (Å²) >= 11 is 0. The van der Waals surface area contributed by atoms with Crippen LogP contribution in [-0.4, -0.2) is 36.3 Å². The largest absolute Gasteiger partial charge is 0.441 e. The number of likely N-dealkylation sites (tertiary alicyclic amines) is 1. The van der Waals surface area contributed by atoms with Gasteiger partial charge < -0.3 is 9.32 Å². The molecule has 1 aromatic heterocycles. The molecular formula is C24H35N3O3. The van der Waals surface area contributed by atoms with Gasteiger partial charge in [0.25, 0.3) is 5.91 Å². The Morgan fingerprint density at radius 2 is 1.73 bits per heavy atom. The molecule has 1 saturated heterocycles. The highest BCUT2D eigenvalue weighted by atomic mass is 16.4. The van der Waals surface area contributed by atoms with E-state index in [2.05, 4.69) is 24.8 Å². The zero-order chi connectivity index (χ0) is 22.1. The van der Waals surface area contributed by atoms with Crippen molar-refractivity contribution in [3.8, 4) is 6.07 Å². The number of nitriles is 1. The summed E-state index contributed by atoms with van der Waals surface area (Å²) in [5.41, 5.74) is 0.465. The minimum atomic E-state index is -0.842. The van der Waals surface area contributed by atoms with E-state index in [1.165, 1.54) is 4.90 Å². The van der Waals surface area contributed by atoms with E-state index in [1.807, 2.05) is 19.1 Å². The molecule has 0 saturated carbocycles. The van der Waals surface area contributed by atoms with E-state index in [0.29, 0.717) is 17.9 Å². The highest BCUT2D eigenvalue weighted by Gasteiger charge is 2.42. The second-order valence-corrected chi connectivity index (χ2v) is 8.01. The Balaban J connectivity index is 2.30. The summed E-state index contributed by atoms with van der Waals surface area (Å²) in [6.07, 6.45) is 7.72. The van der Waals surface area contributed by atoms with Crippen LogP contribution in [-0.2, 0) is 9.59 Å². The molecule has 0 radical (unpaired) electrons. The van der Waals surface area contributed by atoms with Gasteiger partial charge in [0, 0.05) is 37.2 Å². The first kappa shape index (κ1) is 23.7. The number of nitrogens with zero attached hydrogens (tertiary/aromatic N) is 3. The highest BCUT2D eigenvalue weighted by Crippen LogP contribution is 2.32. The fourth-order valence-corrected chi connectivity index (χ4v) is 3.67. The van der Waals surface area contributed by atoms with Crippen molar-refractivity contribution in [2.75, 3.05) is 24.5 Å². The summed E-state index contributed by atoms with van der Waals surface area (Å²) in [5.74, 6) is -0.607. The zero-order valence-electron chi connectivity index (χ0n) is 18.8. The van der Waals surface area contributed by atoms with Gasteiger partial charge in [0.1, 0.15) is 11.7 Å². The molecule has 1 aromatic rings.